The Hall–Kier alpha value is -1.09. The third-order valence-electron chi connectivity index (χ3n) is 3.47. The van der Waals surface area contributed by atoms with Crippen molar-refractivity contribution < 1.29 is 17.6 Å². The van der Waals surface area contributed by atoms with Gasteiger partial charge in [0.2, 0.25) is 10.0 Å². The van der Waals surface area contributed by atoms with Crippen LogP contribution in [0.15, 0.2) is 16.5 Å². The lowest BCUT2D eigenvalue weighted by Crippen LogP contribution is -2.51. The Bertz CT molecular complexity index is 602. The monoisotopic (exact) mass is 351 g/mol. The molecule has 1 aliphatic heterocycles. The fourth-order valence-electron chi connectivity index (χ4n) is 2.28. The maximum absolute atomic E-state index is 12.1. The minimum absolute atomic E-state index is 0. The molecule has 0 spiro atoms. The van der Waals surface area contributed by atoms with E-state index in [0.29, 0.717) is 5.76 Å². The molecule has 7 nitrogen and oxygen atoms in total. The zero-order valence-corrected chi connectivity index (χ0v) is 14.2. The molecular weight excluding hydrogens is 330 g/mol. The first-order valence-corrected chi connectivity index (χ1v) is 8.82. The van der Waals surface area contributed by atoms with Crippen LogP contribution >= 0.6 is 12.4 Å². The molecule has 1 saturated heterocycles. The molecule has 1 aromatic rings. The molecule has 22 heavy (non-hydrogen) atoms. The minimum Gasteiger partial charge on any atom is -0.455 e. The number of hydrogen-bond acceptors (Lipinski definition) is 5. The molecule has 3 N–H and O–H groups in total. The predicted molar refractivity (Wildman–Crippen MR) is 85.6 cm³/mol. The lowest BCUT2D eigenvalue weighted by atomic mass is 10.00. The van der Waals surface area contributed by atoms with Crippen molar-refractivity contribution in [2.45, 2.75) is 38.4 Å². The standard InChI is InChI=1S/C13H21N3O4S.ClH/c1-9-11(4-3-7-14-9)16-13(17)12-6-5-10(20-12)8-15-21(2,18)19;/h5-6,9,11,14-15H,3-4,7-8H2,1-2H3,(H,16,17);1H. The number of amides is 1. The van der Waals surface area contributed by atoms with Crippen molar-refractivity contribution in [3.8, 4) is 0 Å². The smallest absolute Gasteiger partial charge is 0.287 e. The average Bonchev–Trinajstić information content (AvgIpc) is 2.87. The predicted octanol–water partition coefficient (Wildman–Crippen LogP) is 0.621. The average molecular weight is 352 g/mol. The van der Waals surface area contributed by atoms with E-state index < -0.39 is 10.0 Å². The number of halogens is 1. The second-order valence-electron chi connectivity index (χ2n) is 5.32. The quantitative estimate of drug-likeness (QED) is 0.722. The van der Waals surface area contributed by atoms with Gasteiger partial charge < -0.3 is 15.1 Å². The van der Waals surface area contributed by atoms with Gasteiger partial charge >= 0.3 is 0 Å². The Morgan fingerprint density at radius 3 is 2.82 bits per heavy atom. The maximum Gasteiger partial charge on any atom is 0.287 e. The zero-order chi connectivity index (χ0) is 15.5. The summed E-state index contributed by atoms with van der Waals surface area (Å²) in [5.74, 6) is 0.319. The first-order chi connectivity index (χ1) is 9.85. The van der Waals surface area contributed by atoms with Gasteiger partial charge in [-0.1, -0.05) is 0 Å². The molecule has 2 rings (SSSR count). The van der Waals surface area contributed by atoms with Crippen LogP contribution in [0.1, 0.15) is 36.1 Å². The number of furan rings is 1. The molecule has 0 saturated carbocycles. The molecule has 9 heteroatoms. The van der Waals surface area contributed by atoms with Crippen molar-refractivity contribution in [2.75, 3.05) is 12.8 Å². The van der Waals surface area contributed by atoms with E-state index in [1.165, 1.54) is 0 Å². The molecule has 0 aromatic carbocycles. The third kappa shape index (κ3) is 5.60. The number of nitrogens with one attached hydrogen (secondary N) is 3. The molecule has 2 atom stereocenters. The number of carbonyl (C=O) groups excluding carboxylic acids is 1. The zero-order valence-electron chi connectivity index (χ0n) is 12.6. The first kappa shape index (κ1) is 19.0. The maximum atomic E-state index is 12.1. The van der Waals surface area contributed by atoms with E-state index in [2.05, 4.69) is 15.4 Å². The lowest BCUT2D eigenvalue weighted by Gasteiger charge is -2.30. The Balaban J connectivity index is 0.00000242. The van der Waals surface area contributed by atoms with Crippen LogP contribution in [0.5, 0.6) is 0 Å². The van der Waals surface area contributed by atoms with Crippen LogP contribution in [0.4, 0.5) is 0 Å². The number of carbonyl (C=O) groups is 1. The van der Waals surface area contributed by atoms with Gasteiger partial charge in [0.05, 0.1) is 12.8 Å². The van der Waals surface area contributed by atoms with Crippen LogP contribution in [0.25, 0.3) is 0 Å². The van der Waals surface area contributed by atoms with E-state index in [1.807, 2.05) is 6.92 Å². The summed E-state index contributed by atoms with van der Waals surface area (Å²) in [6.07, 6.45) is 3.03. The Kier molecular flexibility index (Phi) is 6.86. The van der Waals surface area contributed by atoms with Gasteiger partial charge in [-0.2, -0.15) is 0 Å². The highest BCUT2D eigenvalue weighted by Crippen LogP contribution is 2.12. The molecule has 2 unspecified atom stereocenters. The third-order valence-corrected chi connectivity index (χ3v) is 4.14. The van der Waals surface area contributed by atoms with Gasteiger partial charge in [0.1, 0.15) is 5.76 Å². The summed E-state index contributed by atoms with van der Waals surface area (Å²) < 4.78 is 29.7. The van der Waals surface area contributed by atoms with Gasteiger partial charge in [-0.3, -0.25) is 4.79 Å². The van der Waals surface area contributed by atoms with Crippen molar-refractivity contribution in [3.05, 3.63) is 23.7 Å². The molecule has 1 amide bonds. The van der Waals surface area contributed by atoms with Crippen molar-refractivity contribution in [3.63, 3.8) is 0 Å². The van der Waals surface area contributed by atoms with Crippen LogP contribution in [0.3, 0.4) is 0 Å². The number of piperidine rings is 1. The van der Waals surface area contributed by atoms with Gasteiger partial charge in [0.15, 0.2) is 5.76 Å². The summed E-state index contributed by atoms with van der Waals surface area (Å²) in [7, 11) is -3.28. The highest BCUT2D eigenvalue weighted by molar-refractivity contribution is 7.88. The van der Waals surface area contributed by atoms with Gasteiger partial charge in [-0.05, 0) is 38.4 Å². The van der Waals surface area contributed by atoms with Crippen molar-refractivity contribution in [2.24, 2.45) is 0 Å². The van der Waals surface area contributed by atoms with Gasteiger partial charge in [0.25, 0.3) is 5.91 Å². The first-order valence-electron chi connectivity index (χ1n) is 6.93. The molecule has 0 bridgehead atoms. The summed E-state index contributed by atoms with van der Waals surface area (Å²) in [5.41, 5.74) is 0. The van der Waals surface area contributed by atoms with E-state index >= 15 is 0 Å². The highest BCUT2D eigenvalue weighted by atomic mass is 35.5. The second kappa shape index (κ2) is 7.96. The molecule has 1 fully saturated rings. The Morgan fingerprint density at radius 1 is 1.45 bits per heavy atom. The Labute approximate surface area is 136 Å². The van der Waals surface area contributed by atoms with E-state index in [4.69, 9.17) is 4.42 Å². The molecule has 2 heterocycles. The lowest BCUT2D eigenvalue weighted by molar-refractivity contribution is 0.0890. The summed E-state index contributed by atoms with van der Waals surface area (Å²) >= 11 is 0. The van der Waals surface area contributed by atoms with Gasteiger partial charge in [-0.15, -0.1) is 12.4 Å². The number of hydrogen-bond donors (Lipinski definition) is 3. The molecule has 126 valence electrons. The highest BCUT2D eigenvalue weighted by Gasteiger charge is 2.24. The minimum atomic E-state index is -3.28. The summed E-state index contributed by atoms with van der Waals surface area (Å²) in [5, 5.41) is 6.25. The fourth-order valence-corrected chi connectivity index (χ4v) is 2.68. The van der Waals surface area contributed by atoms with Crippen LogP contribution in [0, 0.1) is 0 Å². The van der Waals surface area contributed by atoms with E-state index in [-0.39, 0.29) is 42.7 Å². The SMILES string of the molecule is CC1NCCCC1NC(=O)c1ccc(CNS(C)(=O)=O)o1.Cl. The largest absolute Gasteiger partial charge is 0.455 e. The Morgan fingerprint density at radius 2 is 2.18 bits per heavy atom. The van der Waals surface area contributed by atoms with E-state index in [9.17, 15) is 13.2 Å². The van der Waals surface area contributed by atoms with Crippen molar-refractivity contribution in [1.82, 2.24) is 15.4 Å². The van der Waals surface area contributed by atoms with Crippen LogP contribution in [-0.2, 0) is 16.6 Å². The topological polar surface area (TPSA) is 100 Å². The number of sulfonamides is 1. The van der Waals surface area contributed by atoms with Crippen molar-refractivity contribution >= 4 is 28.3 Å². The number of rotatable bonds is 5. The molecule has 0 radical (unpaired) electrons. The van der Waals surface area contributed by atoms with Crippen molar-refractivity contribution in [1.29, 1.82) is 0 Å². The molecule has 1 aromatic heterocycles. The summed E-state index contributed by atoms with van der Waals surface area (Å²) in [4.78, 5) is 12.1. The normalized spacial score (nSPS) is 21.9. The summed E-state index contributed by atoms with van der Waals surface area (Å²) in [6.45, 7) is 3.04. The van der Waals surface area contributed by atoms with Gasteiger partial charge in [0, 0.05) is 12.1 Å². The van der Waals surface area contributed by atoms with E-state index in [0.717, 1.165) is 25.6 Å². The molecular formula is C13H22ClN3O4S. The van der Waals surface area contributed by atoms with Gasteiger partial charge in [-0.25, -0.2) is 13.1 Å². The van der Waals surface area contributed by atoms with Crippen LogP contribution < -0.4 is 15.4 Å². The molecule has 0 aliphatic carbocycles. The fraction of sp³-hybridized carbons (Fsp3) is 0.615. The van der Waals surface area contributed by atoms with Crippen LogP contribution in [0.2, 0.25) is 0 Å². The van der Waals surface area contributed by atoms with Crippen LogP contribution in [-0.4, -0.2) is 39.2 Å². The summed E-state index contributed by atoms with van der Waals surface area (Å²) in [6, 6.07) is 3.45. The van der Waals surface area contributed by atoms with E-state index in [1.54, 1.807) is 12.1 Å². The molecule has 1 aliphatic rings. The second-order valence-corrected chi connectivity index (χ2v) is 7.16.